The van der Waals surface area contributed by atoms with Crippen LogP contribution < -0.4 is 5.32 Å². The Morgan fingerprint density at radius 2 is 2.08 bits per heavy atom. The van der Waals surface area contributed by atoms with Crippen molar-refractivity contribution in [2.45, 2.75) is 25.3 Å². The molecule has 1 saturated heterocycles. The van der Waals surface area contributed by atoms with Gasteiger partial charge in [-0.25, -0.2) is 0 Å². The minimum Gasteiger partial charge on any atom is -0.344 e. The largest absolute Gasteiger partial charge is 0.344 e. The van der Waals surface area contributed by atoms with E-state index < -0.39 is 0 Å². The molecule has 0 aromatic heterocycles. The fourth-order valence-corrected chi connectivity index (χ4v) is 2.09. The third-order valence-electron chi connectivity index (χ3n) is 2.69. The van der Waals surface area contributed by atoms with Crippen molar-refractivity contribution in [1.29, 1.82) is 0 Å². The van der Waals surface area contributed by atoms with Crippen molar-refractivity contribution in [3.8, 4) is 0 Å². The molecule has 1 nitrogen and oxygen atoms in total. The molecule has 0 unspecified atom stereocenters. The van der Waals surface area contributed by atoms with Crippen LogP contribution in [-0.4, -0.2) is 12.6 Å². The van der Waals surface area contributed by atoms with Gasteiger partial charge in [-0.2, -0.15) is 0 Å². The fraction of sp³-hybridized carbons (Fsp3) is 0.455. The van der Waals surface area contributed by atoms with Gasteiger partial charge in [0.15, 0.2) is 0 Å². The molecule has 1 atom stereocenters. The van der Waals surface area contributed by atoms with Crippen molar-refractivity contribution < 1.29 is 5.32 Å². The van der Waals surface area contributed by atoms with Crippen molar-refractivity contribution in [3.63, 3.8) is 0 Å². The van der Waals surface area contributed by atoms with Gasteiger partial charge < -0.3 is 5.32 Å². The lowest BCUT2D eigenvalue weighted by Crippen LogP contribution is -2.87. The van der Waals surface area contributed by atoms with E-state index in [1.807, 2.05) is 12.1 Å². The van der Waals surface area contributed by atoms with E-state index in [2.05, 4.69) is 17.4 Å². The number of hydrogen-bond donors (Lipinski definition) is 1. The number of hydrogen-bond acceptors (Lipinski definition) is 0. The Labute approximate surface area is 84.1 Å². The lowest BCUT2D eigenvalue weighted by Gasteiger charge is -2.06. The maximum absolute atomic E-state index is 5.82. The van der Waals surface area contributed by atoms with Gasteiger partial charge in [-0.05, 0) is 17.7 Å². The van der Waals surface area contributed by atoms with Crippen LogP contribution in [0.5, 0.6) is 0 Å². The topological polar surface area (TPSA) is 16.6 Å². The fourth-order valence-electron chi connectivity index (χ4n) is 1.96. The smallest absolute Gasteiger partial charge is 0.0902 e. The lowest BCUT2D eigenvalue weighted by molar-refractivity contribution is -0.669. The van der Waals surface area contributed by atoms with Gasteiger partial charge in [0.25, 0.3) is 0 Å². The zero-order valence-electron chi connectivity index (χ0n) is 7.67. The third-order valence-corrected chi connectivity index (χ3v) is 2.94. The molecule has 1 fully saturated rings. The quantitative estimate of drug-likeness (QED) is 0.741. The summed E-state index contributed by atoms with van der Waals surface area (Å²) in [5, 5.41) is 3.29. The monoisotopic (exact) mass is 196 g/mol. The standard InChI is InChI=1S/C11H14ClN/c12-10-5-3-9(4-6-10)8-11-2-1-7-13-11/h3-6,11,13H,1-2,7-8H2/p+1/t11-/m1/s1. The molecule has 0 radical (unpaired) electrons. The number of quaternary nitrogens is 1. The van der Waals surface area contributed by atoms with Gasteiger partial charge in [0, 0.05) is 24.3 Å². The zero-order chi connectivity index (χ0) is 9.10. The molecule has 2 rings (SSSR count). The van der Waals surface area contributed by atoms with Crippen LogP contribution in [0.3, 0.4) is 0 Å². The van der Waals surface area contributed by atoms with Crippen molar-refractivity contribution >= 4 is 11.6 Å². The normalized spacial score (nSPS) is 22.1. The van der Waals surface area contributed by atoms with Crippen molar-refractivity contribution in [3.05, 3.63) is 34.9 Å². The van der Waals surface area contributed by atoms with Gasteiger partial charge in [0.2, 0.25) is 0 Å². The average molecular weight is 197 g/mol. The Bertz CT molecular complexity index is 262. The van der Waals surface area contributed by atoms with Gasteiger partial charge in [-0.15, -0.1) is 0 Å². The van der Waals surface area contributed by atoms with E-state index in [4.69, 9.17) is 11.6 Å². The van der Waals surface area contributed by atoms with Crippen LogP contribution in [0.15, 0.2) is 24.3 Å². The first-order valence-corrected chi connectivity index (χ1v) is 5.30. The van der Waals surface area contributed by atoms with E-state index in [0.29, 0.717) is 0 Å². The molecule has 1 aliphatic rings. The van der Waals surface area contributed by atoms with Crippen molar-refractivity contribution in [1.82, 2.24) is 0 Å². The van der Waals surface area contributed by atoms with Gasteiger partial charge in [0.05, 0.1) is 12.6 Å². The number of benzene rings is 1. The van der Waals surface area contributed by atoms with Crippen molar-refractivity contribution in [2.75, 3.05) is 6.54 Å². The molecule has 1 aromatic rings. The molecule has 0 amide bonds. The second-order valence-electron chi connectivity index (χ2n) is 3.76. The van der Waals surface area contributed by atoms with Crippen LogP contribution in [0.1, 0.15) is 18.4 Å². The van der Waals surface area contributed by atoms with Gasteiger partial charge in [-0.3, -0.25) is 0 Å². The first-order valence-electron chi connectivity index (χ1n) is 4.92. The minimum absolute atomic E-state index is 0.807. The number of nitrogens with two attached hydrogens (primary N) is 1. The van der Waals surface area contributed by atoms with Crippen LogP contribution in [0.2, 0.25) is 5.02 Å². The summed E-state index contributed by atoms with van der Waals surface area (Å²) in [6, 6.07) is 9.03. The molecule has 1 heterocycles. The van der Waals surface area contributed by atoms with E-state index in [-0.39, 0.29) is 0 Å². The molecule has 13 heavy (non-hydrogen) atoms. The molecule has 0 aliphatic carbocycles. The summed E-state index contributed by atoms with van der Waals surface area (Å²) in [7, 11) is 0. The van der Waals surface area contributed by atoms with Crippen LogP contribution in [0.4, 0.5) is 0 Å². The van der Waals surface area contributed by atoms with Gasteiger partial charge >= 0.3 is 0 Å². The average Bonchev–Trinajstić information content (AvgIpc) is 2.62. The zero-order valence-corrected chi connectivity index (χ0v) is 8.43. The predicted octanol–water partition coefficient (Wildman–Crippen LogP) is 1.61. The van der Waals surface area contributed by atoms with Crippen LogP contribution in [0, 0.1) is 0 Å². The summed E-state index contributed by atoms with van der Waals surface area (Å²) in [6.45, 7) is 1.30. The minimum atomic E-state index is 0.807. The summed E-state index contributed by atoms with van der Waals surface area (Å²) in [6.07, 6.45) is 3.93. The summed E-state index contributed by atoms with van der Waals surface area (Å²) in [5.74, 6) is 0. The van der Waals surface area contributed by atoms with Gasteiger partial charge in [-0.1, -0.05) is 23.7 Å². The molecule has 1 aromatic carbocycles. The SMILES string of the molecule is Clc1ccc(C[C@H]2CCC[NH2+]2)cc1. The maximum Gasteiger partial charge on any atom is 0.0902 e. The Kier molecular flexibility index (Phi) is 2.87. The summed E-state index contributed by atoms with van der Waals surface area (Å²) >= 11 is 5.82. The molecular weight excluding hydrogens is 182 g/mol. The van der Waals surface area contributed by atoms with E-state index >= 15 is 0 Å². The van der Waals surface area contributed by atoms with E-state index in [1.54, 1.807) is 0 Å². The molecule has 70 valence electrons. The molecule has 0 spiro atoms. The highest BCUT2D eigenvalue weighted by Crippen LogP contribution is 2.12. The summed E-state index contributed by atoms with van der Waals surface area (Å²) in [4.78, 5) is 0. The molecule has 2 heteroatoms. The highest BCUT2D eigenvalue weighted by Gasteiger charge is 2.17. The summed E-state index contributed by atoms with van der Waals surface area (Å²) in [5.41, 5.74) is 1.41. The van der Waals surface area contributed by atoms with Gasteiger partial charge in [0.1, 0.15) is 0 Å². The van der Waals surface area contributed by atoms with E-state index in [1.165, 1.54) is 31.4 Å². The summed E-state index contributed by atoms with van der Waals surface area (Å²) < 4.78 is 0. The molecule has 0 bridgehead atoms. The Balaban J connectivity index is 1.97. The van der Waals surface area contributed by atoms with E-state index in [0.717, 1.165) is 11.1 Å². The van der Waals surface area contributed by atoms with E-state index in [9.17, 15) is 0 Å². The molecular formula is C11H15ClN+. The number of rotatable bonds is 2. The lowest BCUT2D eigenvalue weighted by atomic mass is 10.1. The van der Waals surface area contributed by atoms with Crippen molar-refractivity contribution in [2.24, 2.45) is 0 Å². The molecule has 0 saturated carbocycles. The Hall–Kier alpha value is -0.530. The van der Waals surface area contributed by atoms with Crippen LogP contribution in [-0.2, 0) is 6.42 Å². The second-order valence-corrected chi connectivity index (χ2v) is 4.19. The molecule has 2 N–H and O–H groups in total. The highest BCUT2D eigenvalue weighted by atomic mass is 35.5. The van der Waals surface area contributed by atoms with Crippen LogP contribution in [0.25, 0.3) is 0 Å². The Morgan fingerprint density at radius 3 is 2.69 bits per heavy atom. The first-order chi connectivity index (χ1) is 6.34. The predicted molar refractivity (Wildman–Crippen MR) is 55.0 cm³/mol. The Morgan fingerprint density at radius 1 is 1.31 bits per heavy atom. The third kappa shape index (κ3) is 2.45. The second kappa shape index (κ2) is 4.12. The highest BCUT2D eigenvalue weighted by molar-refractivity contribution is 6.30. The first kappa shape index (κ1) is 9.04. The number of halogens is 1. The van der Waals surface area contributed by atoms with Crippen LogP contribution >= 0.6 is 11.6 Å². The molecule has 1 aliphatic heterocycles. The maximum atomic E-state index is 5.82.